The van der Waals surface area contributed by atoms with Crippen LogP contribution < -0.4 is 16.8 Å². The van der Waals surface area contributed by atoms with Crippen molar-refractivity contribution >= 4 is 55.7 Å². The Morgan fingerprint density at radius 3 is 2.12 bits per heavy atom. The Labute approximate surface area is 308 Å². The monoisotopic (exact) mass is 694 g/mol. The highest BCUT2D eigenvalue weighted by Crippen LogP contribution is 2.39. The molecular weight excluding hydrogens is 655 g/mol. The standard InChI is InChI=1S/C46H39N5S/c47-44(30-13-3-1-4-14-30)52-45(48)39-22-12-18-34-27-33(25-26-36(34)39)32-17-11-19-35(28-32)40-29-43(50-46(49-40)31-15-5-2-6-16-31)51-41-23-9-7-20-37(41)38-21-8-10-24-42(38)51/h1-10,12-18,20-29,43-45H,11,19,47-48H2,(H,49,50)/p+1. The van der Waals surface area contributed by atoms with Gasteiger partial charge in [-0.2, -0.15) is 4.99 Å². The maximum Gasteiger partial charge on any atom is 0.234 e. The molecule has 254 valence electrons. The van der Waals surface area contributed by atoms with Crippen LogP contribution in [0.1, 0.15) is 52.0 Å². The number of nitrogens with two attached hydrogens (primary N) is 3. The Bertz CT molecular complexity index is 2510. The number of thioether (sulfide) groups is 1. The SMILES string of the molecule is NC(SC(N)c1cccc2cc(C3=CCCC(C4=CC(n5c6ccccc6c6ccccc65)[NH2+]C(c5ccccc5)=N4)=C3)ccc12)c1ccccc1. The number of fused-ring (bicyclic) bond motifs is 4. The lowest BCUT2D eigenvalue weighted by Gasteiger charge is -2.24. The van der Waals surface area contributed by atoms with Crippen molar-refractivity contribution < 1.29 is 5.32 Å². The Morgan fingerprint density at radius 2 is 1.37 bits per heavy atom. The van der Waals surface area contributed by atoms with Gasteiger partial charge in [0.1, 0.15) is 0 Å². The highest BCUT2D eigenvalue weighted by Gasteiger charge is 2.28. The summed E-state index contributed by atoms with van der Waals surface area (Å²) in [7, 11) is 0. The van der Waals surface area contributed by atoms with Gasteiger partial charge in [0.25, 0.3) is 0 Å². The van der Waals surface area contributed by atoms with Crippen LogP contribution in [0.25, 0.3) is 38.2 Å². The predicted octanol–water partition coefficient (Wildman–Crippen LogP) is 9.51. The van der Waals surface area contributed by atoms with E-state index in [-0.39, 0.29) is 16.9 Å². The molecule has 5 nitrogen and oxygen atoms in total. The van der Waals surface area contributed by atoms with Gasteiger partial charge in [0.05, 0.1) is 33.0 Å². The number of hydrogen-bond donors (Lipinski definition) is 3. The Morgan fingerprint density at radius 1 is 0.673 bits per heavy atom. The molecule has 6 N–H and O–H groups in total. The van der Waals surface area contributed by atoms with E-state index in [1.807, 2.05) is 18.2 Å². The molecule has 0 radical (unpaired) electrons. The highest BCUT2D eigenvalue weighted by atomic mass is 32.2. The van der Waals surface area contributed by atoms with Crippen LogP contribution in [0.4, 0.5) is 0 Å². The van der Waals surface area contributed by atoms with Gasteiger partial charge in [0.2, 0.25) is 5.84 Å². The topological polar surface area (TPSA) is 85.9 Å². The second-order valence-electron chi connectivity index (χ2n) is 13.5. The van der Waals surface area contributed by atoms with E-state index in [2.05, 4.69) is 156 Å². The summed E-state index contributed by atoms with van der Waals surface area (Å²) in [5, 5.41) is 6.73. The summed E-state index contributed by atoms with van der Waals surface area (Å²) in [6.45, 7) is 0. The third-order valence-electron chi connectivity index (χ3n) is 10.3. The fourth-order valence-electron chi connectivity index (χ4n) is 7.74. The third-order valence-corrected chi connectivity index (χ3v) is 11.4. The van der Waals surface area contributed by atoms with E-state index in [1.165, 1.54) is 43.9 Å². The van der Waals surface area contributed by atoms with Crippen LogP contribution >= 0.6 is 11.8 Å². The summed E-state index contributed by atoms with van der Waals surface area (Å²) in [6.07, 6.45) is 8.95. The lowest BCUT2D eigenvalue weighted by Crippen LogP contribution is -2.90. The molecule has 2 aliphatic rings. The number of rotatable bonds is 8. The maximum atomic E-state index is 6.78. The Hall–Kier alpha value is -5.50. The molecule has 0 saturated heterocycles. The molecule has 0 spiro atoms. The number of amidine groups is 1. The lowest BCUT2D eigenvalue weighted by atomic mass is 9.91. The van der Waals surface area contributed by atoms with Gasteiger partial charge >= 0.3 is 0 Å². The molecule has 0 amide bonds. The number of nitrogens with zero attached hydrogens (tertiary/aromatic N) is 2. The summed E-state index contributed by atoms with van der Waals surface area (Å²) in [5.74, 6) is 1.00. The van der Waals surface area contributed by atoms with Gasteiger partial charge < -0.3 is 11.5 Å². The zero-order valence-corrected chi connectivity index (χ0v) is 29.6. The summed E-state index contributed by atoms with van der Waals surface area (Å²) in [5.41, 5.74) is 23.8. The summed E-state index contributed by atoms with van der Waals surface area (Å²) < 4.78 is 2.47. The third kappa shape index (κ3) is 6.10. The second kappa shape index (κ2) is 13.9. The molecule has 9 rings (SSSR count). The first-order valence-corrected chi connectivity index (χ1v) is 18.9. The van der Waals surface area contributed by atoms with Gasteiger partial charge in [-0.15, -0.1) is 11.8 Å². The normalized spacial score (nSPS) is 17.4. The van der Waals surface area contributed by atoms with Gasteiger partial charge in [-0.25, -0.2) is 0 Å². The number of quaternary nitrogens is 1. The van der Waals surface area contributed by atoms with Crippen molar-refractivity contribution in [3.8, 4) is 0 Å². The molecule has 6 heteroatoms. The van der Waals surface area contributed by atoms with E-state index in [9.17, 15) is 0 Å². The molecule has 1 aliphatic carbocycles. The van der Waals surface area contributed by atoms with E-state index >= 15 is 0 Å². The molecule has 1 aromatic heterocycles. The highest BCUT2D eigenvalue weighted by molar-refractivity contribution is 7.99. The molecule has 52 heavy (non-hydrogen) atoms. The zero-order valence-electron chi connectivity index (χ0n) is 28.8. The zero-order chi connectivity index (χ0) is 35.0. The minimum Gasteiger partial charge on any atom is -0.316 e. The van der Waals surface area contributed by atoms with E-state index < -0.39 is 0 Å². The van der Waals surface area contributed by atoms with Crippen molar-refractivity contribution in [1.82, 2.24) is 4.57 Å². The van der Waals surface area contributed by atoms with Gasteiger partial charge in [-0.05, 0) is 87.9 Å². The van der Waals surface area contributed by atoms with E-state index in [4.69, 9.17) is 16.5 Å². The summed E-state index contributed by atoms with van der Waals surface area (Å²) in [6, 6.07) is 51.3. The largest absolute Gasteiger partial charge is 0.316 e. The minimum absolute atomic E-state index is 0.000982. The molecule has 3 unspecified atom stereocenters. The first kappa shape index (κ1) is 32.4. The Balaban J connectivity index is 1.07. The van der Waals surface area contributed by atoms with Crippen molar-refractivity contribution in [3.05, 3.63) is 197 Å². The molecular formula is C46H40N5S+. The Kier molecular flexibility index (Phi) is 8.67. The van der Waals surface area contributed by atoms with Gasteiger partial charge in [0, 0.05) is 16.8 Å². The molecule has 0 saturated carbocycles. The molecule has 3 atom stereocenters. The van der Waals surface area contributed by atoms with E-state index in [1.54, 1.807) is 11.8 Å². The molecule has 6 aromatic carbocycles. The van der Waals surface area contributed by atoms with Gasteiger partial charge in [-0.1, -0.05) is 121 Å². The van der Waals surface area contributed by atoms with Crippen molar-refractivity contribution in [2.45, 2.75) is 29.8 Å². The molecule has 0 fully saturated rings. The van der Waals surface area contributed by atoms with Crippen LogP contribution in [0.3, 0.4) is 0 Å². The van der Waals surface area contributed by atoms with E-state index in [0.717, 1.165) is 46.5 Å². The molecule has 1 aliphatic heterocycles. The molecule has 7 aromatic rings. The number of aliphatic imine (C=N–C) groups is 1. The van der Waals surface area contributed by atoms with Gasteiger partial charge in [0.15, 0.2) is 6.17 Å². The van der Waals surface area contributed by atoms with E-state index in [0.29, 0.717) is 0 Å². The number of para-hydroxylation sites is 2. The average molecular weight is 695 g/mol. The smallest absolute Gasteiger partial charge is 0.234 e. The number of aromatic nitrogens is 1. The molecule has 2 heterocycles. The van der Waals surface area contributed by atoms with Crippen LogP contribution in [0.5, 0.6) is 0 Å². The van der Waals surface area contributed by atoms with Crippen LogP contribution in [0, 0.1) is 0 Å². The predicted molar refractivity (Wildman–Crippen MR) is 219 cm³/mol. The summed E-state index contributed by atoms with van der Waals surface area (Å²) >= 11 is 1.58. The van der Waals surface area contributed by atoms with Crippen molar-refractivity contribution in [2.75, 3.05) is 0 Å². The van der Waals surface area contributed by atoms with Crippen LogP contribution in [0.15, 0.2) is 180 Å². The number of allylic oxidation sites excluding steroid dienone is 4. The van der Waals surface area contributed by atoms with Crippen molar-refractivity contribution in [1.29, 1.82) is 0 Å². The van der Waals surface area contributed by atoms with Crippen LogP contribution in [0.2, 0.25) is 0 Å². The summed E-state index contributed by atoms with van der Waals surface area (Å²) in [4.78, 5) is 5.34. The van der Waals surface area contributed by atoms with Crippen molar-refractivity contribution in [3.63, 3.8) is 0 Å². The van der Waals surface area contributed by atoms with Gasteiger partial charge in [-0.3, -0.25) is 9.88 Å². The van der Waals surface area contributed by atoms with Crippen LogP contribution in [-0.4, -0.2) is 10.4 Å². The second-order valence-corrected chi connectivity index (χ2v) is 14.8. The average Bonchev–Trinajstić information content (AvgIpc) is 3.55. The fraction of sp³-hybridized carbons (Fsp3) is 0.109. The first-order valence-electron chi connectivity index (χ1n) is 17.9. The first-order chi connectivity index (χ1) is 25.6. The quantitative estimate of drug-likeness (QED) is 0.139. The minimum atomic E-state index is -0.251. The molecule has 0 bridgehead atoms. The lowest BCUT2D eigenvalue weighted by molar-refractivity contribution is -0.592. The maximum absolute atomic E-state index is 6.78. The van der Waals surface area contributed by atoms with Crippen LogP contribution in [-0.2, 0) is 0 Å². The van der Waals surface area contributed by atoms with Crippen molar-refractivity contribution in [2.24, 2.45) is 16.5 Å². The number of benzene rings is 6. The fourth-order valence-corrected chi connectivity index (χ4v) is 8.72. The number of hydrogen-bond acceptors (Lipinski definition) is 4.